The van der Waals surface area contributed by atoms with Gasteiger partial charge in [-0.05, 0) is 60.5 Å². The van der Waals surface area contributed by atoms with Gasteiger partial charge in [0.1, 0.15) is 11.0 Å². The van der Waals surface area contributed by atoms with Crippen LogP contribution in [-0.2, 0) is 16.0 Å². The topological polar surface area (TPSA) is 71.0 Å². The third-order valence-electron chi connectivity index (χ3n) is 5.31. The van der Waals surface area contributed by atoms with E-state index in [1.165, 1.54) is 11.8 Å². The summed E-state index contributed by atoms with van der Waals surface area (Å²) in [7, 11) is 1.63. The molecule has 34 heavy (non-hydrogen) atoms. The van der Waals surface area contributed by atoms with Crippen LogP contribution in [0, 0.1) is 0 Å². The first-order valence-electron chi connectivity index (χ1n) is 10.8. The average molecular weight is 538 g/mol. The summed E-state index contributed by atoms with van der Waals surface area (Å²) in [4.78, 5) is 32.5. The largest absolute Gasteiger partial charge is 0.497 e. The number of nitrogens with one attached hydrogen (secondary N) is 1. The SMILES string of the molecule is COc1ccc(CCN2C(=O)C[C@H](C(=O)Nc3ccc(Br)cc3)SC2=Nc2ccccc2)cc1. The quantitative estimate of drug-likeness (QED) is 0.422. The number of methoxy groups -OCH3 is 1. The lowest BCUT2D eigenvalue weighted by Gasteiger charge is -2.32. The Bertz CT molecular complexity index is 1170. The summed E-state index contributed by atoms with van der Waals surface area (Å²) in [5.74, 6) is 0.466. The summed E-state index contributed by atoms with van der Waals surface area (Å²) in [5.41, 5.74) is 2.51. The number of nitrogens with zero attached hydrogens (tertiary/aromatic N) is 2. The molecular weight excluding hydrogens is 514 g/mol. The normalized spacial score (nSPS) is 17.0. The molecule has 0 aromatic heterocycles. The van der Waals surface area contributed by atoms with E-state index in [4.69, 9.17) is 9.73 Å². The molecule has 3 aromatic rings. The number of carbonyl (C=O) groups excluding carboxylic acids is 2. The van der Waals surface area contributed by atoms with E-state index in [2.05, 4.69) is 21.2 Å². The minimum absolute atomic E-state index is 0.113. The third-order valence-corrected chi connectivity index (χ3v) is 7.02. The van der Waals surface area contributed by atoms with Crippen LogP contribution < -0.4 is 10.1 Å². The second kappa shape index (κ2) is 11.4. The molecule has 0 unspecified atom stereocenters. The van der Waals surface area contributed by atoms with Gasteiger partial charge in [0.2, 0.25) is 11.8 Å². The number of aliphatic imine (C=N–C) groups is 1. The van der Waals surface area contributed by atoms with Crippen molar-refractivity contribution in [2.45, 2.75) is 18.1 Å². The lowest BCUT2D eigenvalue weighted by atomic mass is 10.1. The van der Waals surface area contributed by atoms with E-state index in [-0.39, 0.29) is 18.2 Å². The highest BCUT2D eigenvalue weighted by molar-refractivity contribution is 9.10. The Kier molecular flexibility index (Phi) is 8.03. The van der Waals surface area contributed by atoms with Crippen molar-refractivity contribution in [1.82, 2.24) is 4.90 Å². The van der Waals surface area contributed by atoms with E-state index in [0.29, 0.717) is 23.8 Å². The molecule has 0 bridgehead atoms. The van der Waals surface area contributed by atoms with Gasteiger partial charge in [0, 0.05) is 23.1 Å². The van der Waals surface area contributed by atoms with Gasteiger partial charge in [0.25, 0.3) is 0 Å². The Balaban J connectivity index is 1.51. The molecule has 0 aliphatic carbocycles. The molecule has 1 heterocycles. The maximum atomic E-state index is 13.2. The highest BCUT2D eigenvalue weighted by Crippen LogP contribution is 2.30. The number of halogens is 1. The number of hydrogen-bond acceptors (Lipinski definition) is 5. The van der Waals surface area contributed by atoms with Crippen LogP contribution >= 0.6 is 27.7 Å². The van der Waals surface area contributed by atoms with Gasteiger partial charge in [-0.25, -0.2) is 4.99 Å². The molecule has 1 aliphatic rings. The number of anilines is 1. The molecule has 0 spiro atoms. The number of amidine groups is 1. The first-order chi connectivity index (χ1) is 16.5. The van der Waals surface area contributed by atoms with Gasteiger partial charge in [0.05, 0.1) is 12.8 Å². The molecule has 2 amide bonds. The number of rotatable bonds is 7. The highest BCUT2D eigenvalue weighted by atomic mass is 79.9. The van der Waals surface area contributed by atoms with Crippen LogP contribution in [0.15, 0.2) is 88.3 Å². The molecule has 174 valence electrons. The Morgan fingerprint density at radius 2 is 1.79 bits per heavy atom. The van der Waals surface area contributed by atoms with E-state index in [9.17, 15) is 9.59 Å². The minimum Gasteiger partial charge on any atom is -0.497 e. The number of benzene rings is 3. The molecule has 1 fully saturated rings. The maximum absolute atomic E-state index is 13.2. The molecule has 3 aromatic carbocycles. The Labute approximate surface area is 211 Å². The number of amides is 2. The Morgan fingerprint density at radius 1 is 1.09 bits per heavy atom. The first kappa shape index (κ1) is 24.0. The molecule has 8 heteroatoms. The van der Waals surface area contributed by atoms with Gasteiger partial charge in [-0.3, -0.25) is 14.5 Å². The van der Waals surface area contributed by atoms with E-state index in [1.807, 2.05) is 78.9 Å². The van der Waals surface area contributed by atoms with Crippen molar-refractivity contribution in [3.05, 3.63) is 88.9 Å². The molecular formula is C26H24BrN3O3S. The molecule has 1 aliphatic heterocycles. The van der Waals surface area contributed by atoms with Crippen molar-refractivity contribution in [1.29, 1.82) is 0 Å². The van der Waals surface area contributed by atoms with E-state index in [0.717, 1.165) is 21.5 Å². The highest BCUT2D eigenvalue weighted by Gasteiger charge is 2.35. The van der Waals surface area contributed by atoms with Gasteiger partial charge in [-0.15, -0.1) is 0 Å². The maximum Gasteiger partial charge on any atom is 0.238 e. The first-order valence-corrected chi connectivity index (χ1v) is 12.5. The van der Waals surface area contributed by atoms with Crippen LogP contribution in [0.2, 0.25) is 0 Å². The summed E-state index contributed by atoms with van der Waals surface area (Å²) in [6, 6.07) is 24.6. The predicted molar refractivity (Wildman–Crippen MR) is 141 cm³/mol. The monoisotopic (exact) mass is 537 g/mol. The van der Waals surface area contributed by atoms with E-state index < -0.39 is 5.25 Å². The van der Waals surface area contributed by atoms with Crippen LogP contribution in [-0.4, -0.2) is 40.8 Å². The standard InChI is InChI=1S/C26H24BrN3O3S/c1-33-22-13-7-18(8-14-22)15-16-30-24(31)17-23(25(32)28-21-11-9-19(27)10-12-21)34-26(30)29-20-5-3-2-4-6-20/h2-14,23H,15-17H2,1H3,(H,28,32)/t23-/m1/s1. The molecule has 0 radical (unpaired) electrons. The van der Waals surface area contributed by atoms with Crippen molar-refractivity contribution < 1.29 is 14.3 Å². The van der Waals surface area contributed by atoms with Crippen LogP contribution in [0.3, 0.4) is 0 Å². The van der Waals surface area contributed by atoms with Crippen molar-refractivity contribution in [3.63, 3.8) is 0 Å². The van der Waals surface area contributed by atoms with Crippen LogP contribution in [0.25, 0.3) is 0 Å². The van der Waals surface area contributed by atoms with Crippen molar-refractivity contribution in [2.75, 3.05) is 19.0 Å². The lowest BCUT2D eigenvalue weighted by molar-refractivity contribution is -0.129. The van der Waals surface area contributed by atoms with Gasteiger partial charge >= 0.3 is 0 Å². The molecule has 4 rings (SSSR count). The molecule has 1 saturated heterocycles. The number of carbonyl (C=O) groups is 2. The summed E-state index contributed by atoms with van der Waals surface area (Å²) < 4.78 is 6.15. The number of hydrogen-bond donors (Lipinski definition) is 1. The van der Waals surface area contributed by atoms with E-state index in [1.54, 1.807) is 12.0 Å². The minimum atomic E-state index is -0.559. The summed E-state index contributed by atoms with van der Waals surface area (Å²) in [5, 5.41) is 2.88. The van der Waals surface area contributed by atoms with Crippen molar-refractivity contribution in [2.24, 2.45) is 4.99 Å². The fourth-order valence-electron chi connectivity index (χ4n) is 3.46. The smallest absolute Gasteiger partial charge is 0.238 e. The summed E-state index contributed by atoms with van der Waals surface area (Å²) in [6.45, 7) is 0.477. The fourth-order valence-corrected chi connectivity index (χ4v) is 4.85. The van der Waals surface area contributed by atoms with Gasteiger partial charge in [0.15, 0.2) is 5.17 Å². The average Bonchev–Trinajstić information content (AvgIpc) is 2.85. The zero-order valence-corrected chi connectivity index (χ0v) is 21.0. The third kappa shape index (κ3) is 6.27. The molecule has 1 atom stereocenters. The molecule has 6 nitrogen and oxygen atoms in total. The summed E-state index contributed by atoms with van der Waals surface area (Å²) in [6.07, 6.45) is 0.781. The van der Waals surface area contributed by atoms with Gasteiger partial charge in [-0.2, -0.15) is 0 Å². The number of thioether (sulfide) groups is 1. The molecule has 1 N–H and O–H groups in total. The fraction of sp³-hybridized carbons (Fsp3) is 0.192. The second-order valence-corrected chi connectivity index (χ2v) is 9.77. The van der Waals surface area contributed by atoms with Crippen LogP contribution in [0.5, 0.6) is 5.75 Å². The Hall–Kier alpha value is -3.10. The zero-order chi connectivity index (χ0) is 23.9. The Morgan fingerprint density at radius 3 is 2.47 bits per heavy atom. The van der Waals surface area contributed by atoms with Crippen molar-refractivity contribution in [3.8, 4) is 5.75 Å². The molecule has 0 saturated carbocycles. The second-order valence-electron chi connectivity index (χ2n) is 7.68. The van der Waals surface area contributed by atoms with Crippen molar-refractivity contribution >= 4 is 56.0 Å². The van der Waals surface area contributed by atoms with Crippen LogP contribution in [0.1, 0.15) is 12.0 Å². The van der Waals surface area contributed by atoms with E-state index >= 15 is 0 Å². The van der Waals surface area contributed by atoms with Gasteiger partial charge in [-0.1, -0.05) is 58.0 Å². The van der Waals surface area contributed by atoms with Crippen LogP contribution in [0.4, 0.5) is 11.4 Å². The van der Waals surface area contributed by atoms with Gasteiger partial charge < -0.3 is 10.1 Å². The number of ether oxygens (including phenoxy) is 1. The number of para-hydroxylation sites is 1. The predicted octanol–water partition coefficient (Wildman–Crippen LogP) is 5.66. The zero-order valence-electron chi connectivity index (χ0n) is 18.6. The lowest BCUT2D eigenvalue weighted by Crippen LogP contribution is -2.46. The summed E-state index contributed by atoms with van der Waals surface area (Å²) >= 11 is 4.72.